The molecule has 1 atom stereocenters. The van der Waals surface area contributed by atoms with Gasteiger partial charge in [0.2, 0.25) is 0 Å². The minimum atomic E-state index is -4.43. The predicted molar refractivity (Wildman–Crippen MR) is 92.7 cm³/mol. The third-order valence-corrected chi connectivity index (χ3v) is 3.97. The maximum absolute atomic E-state index is 12.6. The molecule has 1 unspecified atom stereocenters. The Morgan fingerprint density at radius 1 is 1.11 bits per heavy atom. The zero-order valence-electron chi connectivity index (χ0n) is 14.1. The number of nitrogens with zero attached hydrogens (tertiary/aromatic N) is 1. The van der Waals surface area contributed by atoms with Gasteiger partial charge in [-0.05, 0) is 36.8 Å². The van der Waals surface area contributed by atoms with Crippen LogP contribution in [0.2, 0.25) is 0 Å². The maximum Gasteiger partial charge on any atom is 0.416 e. The highest BCUT2D eigenvalue weighted by molar-refractivity contribution is 6.40. The van der Waals surface area contributed by atoms with Gasteiger partial charge in [-0.15, -0.1) is 0 Å². The van der Waals surface area contributed by atoms with Crippen molar-refractivity contribution in [2.45, 2.75) is 19.1 Å². The van der Waals surface area contributed by atoms with Gasteiger partial charge in [-0.2, -0.15) is 13.2 Å². The molecule has 27 heavy (non-hydrogen) atoms. The number of aromatic nitrogens is 2. The number of H-pyrrole nitrogens is 1. The zero-order chi connectivity index (χ0) is 19.6. The standard InChI is InChI=1S/C18H15F3N4O2/c1-10(11-4-6-12(7-5-11)18(19,20)21)24-16(26)17(27)25-14-9-23-13-3-2-8-22-15(13)14/h2-10,23H,1H3,(H,24,26)(H,25,27). The number of hydrogen-bond acceptors (Lipinski definition) is 3. The molecule has 0 aliphatic heterocycles. The summed E-state index contributed by atoms with van der Waals surface area (Å²) in [6, 6.07) is 7.22. The summed E-state index contributed by atoms with van der Waals surface area (Å²) in [5, 5.41) is 4.91. The summed E-state index contributed by atoms with van der Waals surface area (Å²) < 4.78 is 37.8. The highest BCUT2D eigenvalue weighted by Gasteiger charge is 2.30. The van der Waals surface area contributed by atoms with Crippen LogP contribution in [0.25, 0.3) is 11.0 Å². The number of amides is 2. The van der Waals surface area contributed by atoms with Gasteiger partial charge in [-0.1, -0.05) is 12.1 Å². The van der Waals surface area contributed by atoms with Gasteiger partial charge in [-0.3, -0.25) is 14.6 Å². The SMILES string of the molecule is CC(NC(=O)C(=O)Nc1c[nH]c2cccnc12)c1ccc(C(F)(F)F)cc1. The zero-order valence-corrected chi connectivity index (χ0v) is 14.1. The Kier molecular flexibility index (Phi) is 4.85. The topological polar surface area (TPSA) is 86.9 Å². The summed E-state index contributed by atoms with van der Waals surface area (Å²) >= 11 is 0. The Morgan fingerprint density at radius 2 is 1.81 bits per heavy atom. The number of rotatable bonds is 3. The Labute approximate surface area is 151 Å². The summed E-state index contributed by atoms with van der Waals surface area (Å²) in [6.45, 7) is 1.57. The third kappa shape index (κ3) is 4.08. The van der Waals surface area contributed by atoms with Gasteiger partial charge in [0.15, 0.2) is 0 Å². The van der Waals surface area contributed by atoms with Crippen LogP contribution >= 0.6 is 0 Å². The van der Waals surface area contributed by atoms with Crippen LogP contribution in [0.15, 0.2) is 48.8 Å². The quantitative estimate of drug-likeness (QED) is 0.613. The molecule has 0 aliphatic carbocycles. The molecule has 0 bridgehead atoms. The van der Waals surface area contributed by atoms with Crippen molar-refractivity contribution in [2.24, 2.45) is 0 Å². The van der Waals surface area contributed by atoms with E-state index in [9.17, 15) is 22.8 Å². The van der Waals surface area contributed by atoms with E-state index in [1.807, 2.05) is 0 Å². The van der Waals surface area contributed by atoms with Crippen LogP contribution in [0.5, 0.6) is 0 Å². The molecule has 0 saturated heterocycles. The summed E-state index contributed by atoms with van der Waals surface area (Å²) in [7, 11) is 0. The Bertz CT molecular complexity index is 980. The van der Waals surface area contributed by atoms with Gasteiger partial charge in [0.25, 0.3) is 0 Å². The van der Waals surface area contributed by atoms with Crippen molar-refractivity contribution in [1.82, 2.24) is 15.3 Å². The minimum absolute atomic E-state index is 0.355. The number of alkyl halides is 3. The second-order valence-electron chi connectivity index (χ2n) is 5.87. The second kappa shape index (κ2) is 7.10. The van der Waals surface area contributed by atoms with Crippen molar-refractivity contribution in [3.63, 3.8) is 0 Å². The highest BCUT2D eigenvalue weighted by atomic mass is 19.4. The van der Waals surface area contributed by atoms with Crippen LogP contribution in [0, 0.1) is 0 Å². The molecule has 0 fully saturated rings. The summed E-state index contributed by atoms with van der Waals surface area (Å²) in [5.74, 6) is -1.81. The second-order valence-corrected chi connectivity index (χ2v) is 5.87. The molecule has 3 N–H and O–H groups in total. The number of aromatic amines is 1. The number of hydrogen-bond donors (Lipinski definition) is 3. The van der Waals surface area contributed by atoms with Crippen LogP contribution in [-0.4, -0.2) is 21.8 Å². The molecule has 3 aromatic rings. The van der Waals surface area contributed by atoms with E-state index in [0.717, 1.165) is 12.1 Å². The molecule has 9 heteroatoms. The first-order chi connectivity index (χ1) is 12.8. The molecule has 1 aromatic carbocycles. The molecule has 2 aromatic heterocycles. The highest BCUT2D eigenvalue weighted by Crippen LogP contribution is 2.29. The van der Waals surface area contributed by atoms with Crippen molar-refractivity contribution >= 4 is 28.5 Å². The largest absolute Gasteiger partial charge is 0.416 e. The molecule has 2 heterocycles. The van der Waals surface area contributed by atoms with Crippen molar-refractivity contribution in [3.05, 3.63) is 59.9 Å². The third-order valence-electron chi connectivity index (χ3n) is 3.97. The van der Waals surface area contributed by atoms with Crippen LogP contribution < -0.4 is 10.6 Å². The molecule has 6 nitrogen and oxygen atoms in total. The van der Waals surface area contributed by atoms with Gasteiger partial charge >= 0.3 is 18.0 Å². The normalized spacial score (nSPS) is 12.6. The Hall–Kier alpha value is -3.36. The number of nitrogens with one attached hydrogen (secondary N) is 3. The van der Waals surface area contributed by atoms with E-state index in [1.165, 1.54) is 18.3 Å². The number of carbonyl (C=O) groups is 2. The number of carbonyl (C=O) groups excluding carboxylic acids is 2. The molecular weight excluding hydrogens is 361 g/mol. The molecule has 140 valence electrons. The van der Waals surface area contributed by atoms with Crippen LogP contribution in [0.4, 0.5) is 18.9 Å². The van der Waals surface area contributed by atoms with E-state index in [0.29, 0.717) is 22.3 Å². The van der Waals surface area contributed by atoms with Gasteiger partial charge in [0.1, 0.15) is 5.52 Å². The number of pyridine rings is 1. The number of fused-ring (bicyclic) bond motifs is 1. The first-order valence-corrected chi connectivity index (χ1v) is 7.97. The van der Waals surface area contributed by atoms with E-state index in [4.69, 9.17) is 0 Å². The lowest BCUT2D eigenvalue weighted by molar-refractivity contribution is -0.137. The van der Waals surface area contributed by atoms with Crippen LogP contribution in [0.3, 0.4) is 0 Å². The fourth-order valence-corrected chi connectivity index (χ4v) is 2.54. The van der Waals surface area contributed by atoms with E-state index in [2.05, 4.69) is 20.6 Å². The number of halogens is 3. The predicted octanol–water partition coefficient (Wildman–Crippen LogP) is 3.40. The smallest absolute Gasteiger partial charge is 0.358 e. The fourth-order valence-electron chi connectivity index (χ4n) is 2.54. The maximum atomic E-state index is 12.6. The Morgan fingerprint density at radius 3 is 2.48 bits per heavy atom. The van der Waals surface area contributed by atoms with E-state index in [1.54, 1.807) is 25.3 Å². The van der Waals surface area contributed by atoms with E-state index < -0.39 is 29.6 Å². The van der Waals surface area contributed by atoms with Gasteiger partial charge in [-0.25, -0.2) is 0 Å². The van der Waals surface area contributed by atoms with Gasteiger partial charge in [0.05, 0.1) is 22.8 Å². The lowest BCUT2D eigenvalue weighted by Crippen LogP contribution is -2.36. The van der Waals surface area contributed by atoms with Crippen LogP contribution in [-0.2, 0) is 15.8 Å². The van der Waals surface area contributed by atoms with Crippen molar-refractivity contribution in [2.75, 3.05) is 5.32 Å². The molecular formula is C18H15F3N4O2. The average molecular weight is 376 g/mol. The first-order valence-electron chi connectivity index (χ1n) is 7.97. The number of anilines is 1. The monoisotopic (exact) mass is 376 g/mol. The molecule has 0 aliphatic rings. The summed E-state index contributed by atoms with van der Waals surface area (Å²) in [6.07, 6.45) is -1.36. The molecule has 2 amide bonds. The van der Waals surface area contributed by atoms with Gasteiger partial charge in [0, 0.05) is 12.4 Å². The minimum Gasteiger partial charge on any atom is -0.358 e. The summed E-state index contributed by atoms with van der Waals surface area (Å²) in [4.78, 5) is 31.2. The van der Waals surface area contributed by atoms with Gasteiger partial charge < -0.3 is 15.6 Å². The van der Waals surface area contributed by atoms with Crippen molar-refractivity contribution in [1.29, 1.82) is 0 Å². The fraction of sp³-hybridized carbons (Fsp3) is 0.167. The van der Waals surface area contributed by atoms with Crippen molar-refractivity contribution in [3.8, 4) is 0 Å². The molecule has 0 radical (unpaired) electrons. The van der Waals surface area contributed by atoms with Crippen LogP contribution in [0.1, 0.15) is 24.1 Å². The lowest BCUT2D eigenvalue weighted by Gasteiger charge is -2.15. The first kappa shape index (κ1) is 18.4. The molecule has 0 spiro atoms. The van der Waals surface area contributed by atoms with Crippen molar-refractivity contribution < 1.29 is 22.8 Å². The average Bonchev–Trinajstić information content (AvgIpc) is 3.04. The van der Waals surface area contributed by atoms with E-state index >= 15 is 0 Å². The number of benzene rings is 1. The van der Waals surface area contributed by atoms with E-state index in [-0.39, 0.29) is 0 Å². The lowest BCUT2D eigenvalue weighted by atomic mass is 10.1. The molecule has 0 saturated carbocycles. The molecule has 3 rings (SSSR count). The Balaban J connectivity index is 1.64. The summed E-state index contributed by atoms with van der Waals surface area (Å²) in [5.41, 5.74) is 1.22.